The number of nitrogens with one attached hydrogen (secondary N) is 1. The monoisotopic (exact) mass is 940 g/mol. The van der Waals surface area contributed by atoms with E-state index in [9.17, 15) is 15.0 Å². The van der Waals surface area contributed by atoms with E-state index in [1.165, 1.54) is 154 Å². The standard InChI is InChI=1S/C64H109NO3/c1-3-5-7-9-11-13-15-17-19-21-23-25-27-29-31-32-34-36-38-40-42-44-46-48-50-52-54-56-58-60-64(68)65-62(61-66)63(67)59-57-55-53-51-49-47-45-43-41-39-37-35-33-30-28-26-24-22-20-18-16-14-12-10-8-6-4-2/h5,7,11,13,17,19,23,25,29,31,34,36,40,42,46,48,52,54,57,59,62-63,66-67H,3-4,6,8-10,12,14-16,18,20-22,24,26-28,30,32-33,35,37-39,41,43-45,47,49-51,53,55-56,58,60-61H2,1-2H3,(H,65,68)/b7-5-,13-11-,19-17-,25-23-,31-29-,36-34-,42-40-,48-46-,54-52-,59-57+. The predicted octanol–water partition coefficient (Wildman–Crippen LogP) is 19.2. The number of rotatable bonds is 51. The van der Waals surface area contributed by atoms with Crippen molar-refractivity contribution in [2.24, 2.45) is 0 Å². The van der Waals surface area contributed by atoms with Gasteiger partial charge in [-0.25, -0.2) is 0 Å². The van der Waals surface area contributed by atoms with Crippen LogP contribution in [-0.2, 0) is 4.79 Å². The first-order valence-corrected chi connectivity index (χ1v) is 28.7. The largest absolute Gasteiger partial charge is 0.394 e. The number of hydrogen-bond acceptors (Lipinski definition) is 3. The molecule has 0 aromatic carbocycles. The Morgan fingerprint density at radius 2 is 0.647 bits per heavy atom. The quantitative estimate of drug-likeness (QED) is 0.0420. The van der Waals surface area contributed by atoms with Crippen LogP contribution in [0.25, 0.3) is 0 Å². The Bertz CT molecular complexity index is 1340. The third-order valence-electron chi connectivity index (χ3n) is 12.5. The lowest BCUT2D eigenvalue weighted by Crippen LogP contribution is -2.45. The number of carbonyl (C=O) groups excluding carboxylic acids is 1. The number of aliphatic hydroxyl groups is 2. The number of allylic oxidation sites excluding steroid dienone is 19. The Hall–Kier alpha value is -3.21. The third-order valence-corrected chi connectivity index (χ3v) is 12.5. The van der Waals surface area contributed by atoms with E-state index in [0.717, 1.165) is 83.5 Å². The van der Waals surface area contributed by atoms with Crippen LogP contribution in [0, 0.1) is 0 Å². The number of hydrogen-bond donors (Lipinski definition) is 3. The van der Waals surface area contributed by atoms with E-state index in [0.29, 0.717) is 6.42 Å². The Labute approximate surface area is 422 Å². The van der Waals surface area contributed by atoms with Gasteiger partial charge >= 0.3 is 0 Å². The summed E-state index contributed by atoms with van der Waals surface area (Å²) in [5.74, 6) is -0.124. The Kier molecular flexibility index (Phi) is 55.4. The molecule has 0 aliphatic rings. The Balaban J connectivity index is 3.66. The van der Waals surface area contributed by atoms with Gasteiger partial charge in [0, 0.05) is 6.42 Å². The highest BCUT2D eigenvalue weighted by Crippen LogP contribution is 2.16. The highest BCUT2D eigenvalue weighted by molar-refractivity contribution is 5.76. The van der Waals surface area contributed by atoms with Crippen LogP contribution in [-0.4, -0.2) is 34.9 Å². The van der Waals surface area contributed by atoms with Gasteiger partial charge < -0.3 is 15.5 Å². The fraction of sp³-hybridized carbons (Fsp3) is 0.672. The van der Waals surface area contributed by atoms with Gasteiger partial charge in [-0.3, -0.25) is 4.79 Å². The summed E-state index contributed by atoms with van der Waals surface area (Å²) in [5.41, 5.74) is 0. The summed E-state index contributed by atoms with van der Waals surface area (Å²) in [6.45, 7) is 4.18. The smallest absolute Gasteiger partial charge is 0.220 e. The molecule has 0 aromatic heterocycles. The van der Waals surface area contributed by atoms with Gasteiger partial charge in [-0.1, -0.05) is 289 Å². The van der Waals surface area contributed by atoms with E-state index < -0.39 is 12.1 Å². The van der Waals surface area contributed by atoms with Crippen molar-refractivity contribution in [1.82, 2.24) is 5.32 Å². The fourth-order valence-corrected chi connectivity index (χ4v) is 8.12. The van der Waals surface area contributed by atoms with Gasteiger partial charge in [-0.05, 0) is 83.5 Å². The van der Waals surface area contributed by atoms with Crippen LogP contribution >= 0.6 is 0 Å². The molecule has 3 N–H and O–H groups in total. The minimum absolute atomic E-state index is 0.124. The maximum absolute atomic E-state index is 12.5. The van der Waals surface area contributed by atoms with E-state index >= 15 is 0 Å². The Morgan fingerprint density at radius 3 is 0.956 bits per heavy atom. The molecule has 0 aliphatic heterocycles. The lowest BCUT2D eigenvalue weighted by Gasteiger charge is -2.19. The first-order valence-electron chi connectivity index (χ1n) is 28.7. The summed E-state index contributed by atoms with van der Waals surface area (Å²) in [7, 11) is 0. The van der Waals surface area contributed by atoms with Gasteiger partial charge in [0.05, 0.1) is 18.8 Å². The van der Waals surface area contributed by atoms with E-state index in [2.05, 4.69) is 129 Å². The van der Waals surface area contributed by atoms with Gasteiger partial charge in [0.2, 0.25) is 5.91 Å². The molecular weight excluding hydrogens is 831 g/mol. The number of unbranched alkanes of at least 4 members (excludes halogenated alkanes) is 26. The van der Waals surface area contributed by atoms with Crippen LogP contribution in [0.2, 0.25) is 0 Å². The maximum atomic E-state index is 12.5. The first-order chi connectivity index (χ1) is 33.7. The van der Waals surface area contributed by atoms with E-state index in [4.69, 9.17) is 0 Å². The van der Waals surface area contributed by atoms with E-state index in [-0.39, 0.29) is 12.5 Å². The molecule has 2 atom stereocenters. The summed E-state index contributed by atoms with van der Waals surface area (Å²) in [4.78, 5) is 12.5. The molecule has 0 rings (SSSR count). The highest BCUT2D eigenvalue weighted by Gasteiger charge is 2.17. The SMILES string of the molecule is CC/C=C\C/C=C\C/C=C\C/C=C\C/C=C\C/C=C\C/C=C\C/C=C\C/C=C\CCCC(=O)NC(CO)C(O)/C=C/CCCCCCCCCCCCCCCCCCCCCCCCCCC. The van der Waals surface area contributed by atoms with Crippen molar-refractivity contribution in [2.45, 2.75) is 270 Å². The minimum atomic E-state index is -0.874. The third kappa shape index (κ3) is 53.7. The zero-order chi connectivity index (χ0) is 49.2. The molecule has 0 saturated carbocycles. The second-order valence-corrected chi connectivity index (χ2v) is 19.0. The van der Waals surface area contributed by atoms with Crippen molar-refractivity contribution in [3.63, 3.8) is 0 Å². The molecule has 0 heterocycles. The summed E-state index contributed by atoms with van der Waals surface area (Å²) < 4.78 is 0. The summed E-state index contributed by atoms with van der Waals surface area (Å²) in [6.07, 6.45) is 89.3. The summed E-state index contributed by atoms with van der Waals surface area (Å²) >= 11 is 0. The van der Waals surface area contributed by atoms with Gasteiger partial charge in [0.15, 0.2) is 0 Å². The molecule has 0 saturated heterocycles. The van der Waals surface area contributed by atoms with Gasteiger partial charge in [0.1, 0.15) is 0 Å². The lowest BCUT2D eigenvalue weighted by molar-refractivity contribution is -0.122. The molecule has 0 aromatic rings. The first kappa shape index (κ1) is 64.8. The molecule has 0 radical (unpaired) electrons. The van der Waals surface area contributed by atoms with Crippen molar-refractivity contribution in [3.05, 3.63) is 122 Å². The van der Waals surface area contributed by atoms with Crippen molar-refractivity contribution < 1.29 is 15.0 Å². The van der Waals surface area contributed by atoms with Crippen LogP contribution in [0.5, 0.6) is 0 Å². The maximum Gasteiger partial charge on any atom is 0.220 e. The van der Waals surface area contributed by atoms with Gasteiger partial charge in [-0.2, -0.15) is 0 Å². The zero-order valence-corrected chi connectivity index (χ0v) is 44.6. The van der Waals surface area contributed by atoms with Crippen LogP contribution in [0.3, 0.4) is 0 Å². The average Bonchev–Trinajstić information content (AvgIpc) is 3.34. The van der Waals surface area contributed by atoms with Gasteiger partial charge in [-0.15, -0.1) is 0 Å². The van der Waals surface area contributed by atoms with Crippen LogP contribution in [0.1, 0.15) is 258 Å². The number of amides is 1. The molecule has 0 aliphatic carbocycles. The molecule has 4 nitrogen and oxygen atoms in total. The van der Waals surface area contributed by atoms with E-state index in [1.54, 1.807) is 6.08 Å². The molecule has 0 bridgehead atoms. The fourth-order valence-electron chi connectivity index (χ4n) is 8.12. The molecular formula is C64H109NO3. The minimum Gasteiger partial charge on any atom is -0.394 e. The summed E-state index contributed by atoms with van der Waals surface area (Å²) in [5, 5.41) is 23.1. The molecule has 4 heteroatoms. The molecule has 68 heavy (non-hydrogen) atoms. The topological polar surface area (TPSA) is 69.6 Å². The van der Waals surface area contributed by atoms with Crippen molar-refractivity contribution in [2.75, 3.05) is 6.61 Å². The molecule has 388 valence electrons. The van der Waals surface area contributed by atoms with Crippen LogP contribution < -0.4 is 5.32 Å². The molecule has 1 amide bonds. The van der Waals surface area contributed by atoms with Crippen molar-refractivity contribution in [1.29, 1.82) is 0 Å². The predicted molar refractivity (Wildman–Crippen MR) is 303 cm³/mol. The normalized spacial score (nSPS) is 13.8. The second-order valence-electron chi connectivity index (χ2n) is 19.0. The molecule has 0 spiro atoms. The summed E-state index contributed by atoms with van der Waals surface area (Å²) in [6, 6.07) is -0.664. The number of aliphatic hydroxyl groups excluding tert-OH is 2. The van der Waals surface area contributed by atoms with Gasteiger partial charge in [0.25, 0.3) is 0 Å². The van der Waals surface area contributed by atoms with Crippen molar-refractivity contribution >= 4 is 5.91 Å². The van der Waals surface area contributed by atoms with Crippen LogP contribution in [0.4, 0.5) is 0 Å². The number of carbonyl (C=O) groups is 1. The van der Waals surface area contributed by atoms with E-state index in [1.807, 2.05) is 6.08 Å². The zero-order valence-electron chi connectivity index (χ0n) is 44.6. The van der Waals surface area contributed by atoms with Crippen molar-refractivity contribution in [3.8, 4) is 0 Å². The highest BCUT2D eigenvalue weighted by atomic mass is 16.3. The average molecular weight is 941 g/mol. The lowest BCUT2D eigenvalue weighted by atomic mass is 10.0. The molecule has 2 unspecified atom stereocenters. The molecule has 0 fully saturated rings. The Morgan fingerprint density at radius 1 is 0.368 bits per heavy atom. The second kappa shape index (κ2) is 58.1. The van der Waals surface area contributed by atoms with Crippen LogP contribution in [0.15, 0.2) is 122 Å².